The van der Waals surface area contributed by atoms with Crippen molar-refractivity contribution in [2.45, 2.75) is 30.0 Å². The van der Waals surface area contributed by atoms with Crippen LogP contribution in [0.3, 0.4) is 0 Å². The third kappa shape index (κ3) is 5.85. The Morgan fingerprint density at radius 2 is 1.24 bits per heavy atom. The van der Waals surface area contributed by atoms with Crippen molar-refractivity contribution in [2.24, 2.45) is 10.9 Å². The summed E-state index contributed by atoms with van der Waals surface area (Å²) in [5, 5.41) is 16.8. The number of aliphatic hydroxyl groups is 1. The van der Waals surface area contributed by atoms with Gasteiger partial charge in [0.2, 0.25) is 10.0 Å². The highest BCUT2D eigenvalue weighted by Crippen LogP contribution is 2.50. The average Bonchev–Trinajstić information content (AvgIpc) is 2.82. The quantitative estimate of drug-likeness (QED) is 0.315. The van der Waals surface area contributed by atoms with E-state index in [0.29, 0.717) is 0 Å². The molecule has 0 bridgehead atoms. The Hall–Kier alpha value is -3.26. The van der Waals surface area contributed by atoms with Gasteiger partial charge in [0, 0.05) is 18.0 Å². The lowest BCUT2D eigenvalue weighted by Gasteiger charge is -2.43. The Morgan fingerprint density at radius 3 is 1.59 bits per heavy atom. The molecule has 0 fully saturated rings. The second-order valence-corrected chi connectivity index (χ2v) is 9.66. The highest BCUT2D eigenvalue weighted by molar-refractivity contribution is 7.90. The number of aliphatic hydroxyl groups excluding tert-OH is 1. The Labute approximate surface area is 209 Å². The molecule has 0 aromatic heterocycles. The van der Waals surface area contributed by atoms with Crippen molar-refractivity contribution in [3.05, 3.63) is 95.3 Å². The molecule has 3 aromatic carbocycles. The van der Waals surface area contributed by atoms with Gasteiger partial charge in [0.05, 0.1) is 6.10 Å². The standard InChI is InChI=1S/C24H23F5N2O5S/c25-19-4-2-1-3-18(19)24(20(32)13-30,37(31,33)34)21(14-5-9-16(10-6-14)35-22(26)27)15-7-11-17(12-8-15)36-23(28)29/h1-12,20-23,32H,13,30H2,(H2,31,33,34). The number of rotatable bonds is 11. The molecule has 0 aliphatic heterocycles. The summed E-state index contributed by atoms with van der Waals surface area (Å²) in [4.78, 5) is 0. The van der Waals surface area contributed by atoms with Gasteiger partial charge in [0.25, 0.3) is 0 Å². The van der Waals surface area contributed by atoms with E-state index in [1.165, 1.54) is 36.4 Å². The van der Waals surface area contributed by atoms with Gasteiger partial charge in [-0.2, -0.15) is 17.6 Å². The Morgan fingerprint density at radius 1 is 0.811 bits per heavy atom. The lowest BCUT2D eigenvalue weighted by atomic mass is 9.73. The molecular formula is C24H23F5N2O5S. The molecule has 0 radical (unpaired) electrons. The van der Waals surface area contributed by atoms with E-state index in [2.05, 4.69) is 9.47 Å². The topological polar surface area (TPSA) is 125 Å². The molecule has 3 rings (SSSR count). The van der Waals surface area contributed by atoms with Crippen LogP contribution in [0.5, 0.6) is 11.5 Å². The van der Waals surface area contributed by atoms with Gasteiger partial charge in [0.1, 0.15) is 17.3 Å². The van der Waals surface area contributed by atoms with Gasteiger partial charge in [-0.05, 0) is 41.5 Å². The van der Waals surface area contributed by atoms with Crippen LogP contribution >= 0.6 is 0 Å². The van der Waals surface area contributed by atoms with Crippen LogP contribution in [0, 0.1) is 5.82 Å². The maximum absolute atomic E-state index is 15.2. The van der Waals surface area contributed by atoms with Gasteiger partial charge in [-0.1, -0.05) is 42.5 Å². The summed E-state index contributed by atoms with van der Waals surface area (Å²) in [5.41, 5.74) is 5.34. The number of nitrogens with two attached hydrogens (primary N) is 2. The third-order valence-electron chi connectivity index (χ3n) is 5.79. The minimum Gasteiger partial charge on any atom is -0.435 e. The summed E-state index contributed by atoms with van der Waals surface area (Å²) in [7, 11) is -4.94. The fourth-order valence-electron chi connectivity index (χ4n) is 4.36. The molecule has 0 aliphatic rings. The van der Waals surface area contributed by atoms with E-state index in [4.69, 9.17) is 10.9 Å². The molecule has 0 saturated carbocycles. The van der Waals surface area contributed by atoms with E-state index >= 15 is 4.39 Å². The van der Waals surface area contributed by atoms with Gasteiger partial charge in [-0.3, -0.25) is 0 Å². The van der Waals surface area contributed by atoms with E-state index in [1.807, 2.05) is 0 Å². The Balaban J connectivity index is 2.38. The van der Waals surface area contributed by atoms with E-state index in [1.54, 1.807) is 0 Å². The zero-order valence-electron chi connectivity index (χ0n) is 19.0. The fourth-order valence-corrected chi connectivity index (χ4v) is 5.91. The highest BCUT2D eigenvalue weighted by Gasteiger charge is 2.57. The smallest absolute Gasteiger partial charge is 0.387 e. The maximum atomic E-state index is 15.2. The molecule has 3 aromatic rings. The van der Waals surface area contributed by atoms with Gasteiger partial charge < -0.3 is 20.3 Å². The molecule has 0 amide bonds. The highest BCUT2D eigenvalue weighted by atomic mass is 32.2. The number of primary sulfonamides is 1. The van der Waals surface area contributed by atoms with Gasteiger partial charge in [0.15, 0.2) is 4.75 Å². The van der Waals surface area contributed by atoms with Crippen LogP contribution in [0.4, 0.5) is 22.0 Å². The molecule has 7 nitrogen and oxygen atoms in total. The Bertz CT molecular complexity index is 1240. The molecule has 37 heavy (non-hydrogen) atoms. The minimum absolute atomic E-state index is 0.0777. The number of alkyl halides is 4. The number of ether oxygens (including phenoxy) is 2. The minimum atomic E-state index is -4.94. The molecule has 5 N–H and O–H groups in total. The number of benzene rings is 3. The number of halogens is 5. The van der Waals surface area contributed by atoms with Crippen LogP contribution in [0.2, 0.25) is 0 Å². The third-order valence-corrected chi connectivity index (χ3v) is 7.46. The molecule has 0 spiro atoms. The predicted octanol–water partition coefficient (Wildman–Crippen LogP) is 3.66. The van der Waals surface area contributed by atoms with Crippen molar-refractivity contribution in [1.29, 1.82) is 0 Å². The SMILES string of the molecule is NCC(O)C(c1ccccc1F)(C(c1ccc(OC(F)F)cc1)c1ccc(OC(F)F)cc1)S(N)(=O)=O. The number of sulfonamides is 1. The number of hydrogen-bond acceptors (Lipinski definition) is 6. The summed E-state index contributed by atoms with van der Waals surface area (Å²) in [6.45, 7) is -6.95. The first-order chi connectivity index (χ1) is 17.4. The molecule has 0 aliphatic carbocycles. The van der Waals surface area contributed by atoms with E-state index < -0.39 is 57.9 Å². The first-order valence-corrected chi connectivity index (χ1v) is 12.2. The lowest BCUT2D eigenvalue weighted by Crippen LogP contribution is -2.57. The zero-order chi connectivity index (χ0) is 27.4. The zero-order valence-corrected chi connectivity index (χ0v) is 19.8. The summed E-state index contributed by atoms with van der Waals surface area (Å²) >= 11 is 0. The van der Waals surface area contributed by atoms with Crippen LogP contribution in [0.25, 0.3) is 0 Å². The number of hydrogen-bond donors (Lipinski definition) is 3. The predicted molar refractivity (Wildman–Crippen MR) is 124 cm³/mol. The molecular weight excluding hydrogens is 523 g/mol. The summed E-state index contributed by atoms with van der Waals surface area (Å²) in [6, 6.07) is 14.1. The fraction of sp³-hybridized carbons (Fsp3) is 0.250. The van der Waals surface area contributed by atoms with Crippen LogP contribution in [0.15, 0.2) is 72.8 Å². The van der Waals surface area contributed by atoms with Crippen LogP contribution < -0.4 is 20.3 Å². The van der Waals surface area contributed by atoms with Crippen molar-refractivity contribution < 1.29 is 45.0 Å². The first-order valence-electron chi connectivity index (χ1n) is 10.7. The normalized spacial score (nSPS) is 14.6. The van der Waals surface area contributed by atoms with Crippen molar-refractivity contribution in [1.82, 2.24) is 0 Å². The molecule has 2 atom stereocenters. The summed E-state index contributed by atoms with van der Waals surface area (Å²) in [5.74, 6) is -3.06. The maximum Gasteiger partial charge on any atom is 0.387 e. The van der Waals surface area contributed by atoms with E-state index in [0.717, 1.165) is 36.4 Å². The molecule has 13 heteroatoms. The van der Waals surface area contributed by atoms with Crippen LogP contribution in [-0.2, 0) is 14.8 Å². The van der Waals surface area contributed by atoms with Crippen molar-refractivity contribution in [3.8, 4) is 11.5 Å². The van der Waals surface area contributed by atoms with E-state index in [9.17, 15) is 31.1 Å². The van der Waals surface area contributed by atoms with Gasteiger partial charge in [-0.25, -0.2) is 17.9 Å². The second-order valence-electron chi connectivity index (χ2n) is 7.90. The van der Waals surface area contributed by atoms with E-state index in [-0.39, 0.29) is 22.6 Å². The largest absolute Gasteiger partial charge is 0.435 e. The van der Waals surface area contributed by atoms with Gasteiger partial charge in [-0.15, -0.1) is 0 Å². The van der Waals surface area contributed by atoms with Crippen LogP contribution in [0.1, 0.15) is 22.6 Å². The molecule has 0 heterocycles. The van der Waals surface area contributed by atoms with Crippen molar-refractivity contribution >= 4 is 10.0 Å². The first kappa shape index (κ1) is 28.3. The summed E-state index contributed by atoms with van der Waals surface area (Å²) < 4.78 is 98.7. The van der Waals surface area contributed by atoms with Gasteiger partial charge >= 0.3 is 13.2 Å². The van der Waals surface area contributed by atoms with Crippen molar-refractivity contribution in [3.63, 3.8) is 0 Å². The molecule has 0 saturated heterocycles. The second kappa shape index (κ2) is 11.4. The monoisotopic (exact) mass is 546 g/mol. The van der Waals surface area contributed by atoms with Crippen LogP contribution in [-0.4, -0.2) is 39.4 Å². The lowest BCUT2D eigenvalue weighted by molar-refractivity contribution is -0.0505. The molecule has 200 valence electrons. The molecule has 2 unspecified atom stereocenters. The van der Waals surface area contributed by atoms with Crippen molar-refractivity contribution in [2.75, 3.05) is 6.54 Å². The average molecular weight is 547 g/mol. The Kier molecular flexibility index (Phi) is 8.74. The summed E-state index contributed by atoms with van der Waals surface area (Å²) in [6.07, 6.45) is -1.99.